The average molecular weight is 259 g/mol. The van der Waals surface area contributed by atoms with Crippen molar-refractivity contribution >= 4 is 5.78 Å². The Bertz CT molecular complexity index is 530. The molecule has 2 rings (SSSR count). The molecule has 5 nitrogen and oxygen atoms in total. The van der Waals surface area contributed by atoms with Crippen LogP contribution >= 0.6 is 0 Å². The molecule has 1 aromatic heterocycles. The summed E-state index contributed by atoms with van der Waals surface area (Å²) in [5, 5.41) is 7.60. The van der Waals surface area contributed by atoms with Crippen molar-refractivity contribution in [2.45, 2.75) is 27.0 Å². The van der Waals surface area contributed by atoms with E-state index in [1.807, 2.05) is 39.0 Å². The first-order valence-corrected chi connectivity index (χ1v) is 6.10. The van der Waals surface area contributed by atoms with Gasteiger partial charge in [0.25, 0.3) is 6.23 Å². The first kappa shape index (κ1) is 13.3. The van der Waals surface area contributed by atoms with Gasteiger partial charge < -0.3 is 4.74 Å². The third kappa shape index (κ3) is 3.19. The van der Waals surface area contributed by atoms with Crippen molar-refractivity contribution in [3.8, 4) is 5.75 Å². The molecule has 0 bridgehead atoms. The van der Waals surface area contributed by atoms with Crippen molar-refractivity contribution in [3.05, 3.63) is 42.7 Å². The topological polar surface area (TPSA) is 57.0 Å². The number of nitrogens with zero attached hydrogens (tertiary/aromatic N) is 3. The molecule has 1 atom stereocenters. The van der Waals surface area contributed by atoms with Gasteiger partial charge in [-0.15, -0.1) is 5.10 Å². The van der Waals surface area contributed by atoms with Crippen LogP contribution in [0.3, 0.4) is 0 Å². The quantitative estimate of drug-likeness (QED) is 0.846. The van der Waals surface area contributed by atoms with Crippen LogP contribution in [-0.4, -0.2) is 20.8 Å². The number of Topliss-reactive ketones (excluding diaryl/α,β-unsaturated/α-hetero) is 1. The second-order valence-corrected chi connectivity index (χ2v) is 5.28. The number of aromatic nitrogens is 3. The van der Waals surface area contributed by atoms with Crippen molar-refractivity contribution in [2.75, 3.05) is 0 Å². The summed E-state index contributed by atoms with van der Waals surface area (Å²) < 4.78 is 7.19. The fourth-order valence-electron chi connectivity index (χ4n) is 1.57. The Morgan fingerprint density at radius 3 is 2.47 bits per heavy atom. The Kier molecular flexibility index (Phi) is 3.64. The van der Waals surface area contributed by atoms with E-state index in [2.05, 4.69) is 10.3 Å². The first-order valence-electron chi connectivity index (χ1n) is 6.10. The van der Waals surface area contributed by atoms with Gasteiger partial charge >= 0.3 is 0 Å². The van der Waals surface area contributed by atoms with E-state index in [-0.39, 0.29) is 5.78 Å². The van der Waals surface area contributed by atoms with Crippen LogP contribution in [0.15, 0.2) is 42.7 Å². The minimum atomic E-state index is -0.801. The van der Waals surface area contributed by atoms with Crippen LogP contribution in [0.1, 0.15) is 27.0 Å². The third-order valence-electron chi connectivity index (χ3n) is 2.64. The molecule has 19 heavy (non-hydrogen) atoms. The zero-order chi connectivity index (χ0) is 13.9. The molecule has 0 saturated carbocycles. The predicted molar refractivity (Wildman–Crippen MR) is 70.6 cm³/mol. The molecule has 0 amide bonds. The Labute approximate surface area is 112 Å². The summed E-state index contributed by atoms with van der Waals surface area (Å²) in [7, 11) is 0. The number of hydrogen-bond acceptors (Lipinski definition) is 4. The number of ether oxygens (including phenoxy) is 1. The van der Waals surface area contributed by atoms with Gasteiger partial charge in [-0.1, -0.05) is 44.2 Å². The molecule has 0 aliphatic heterocycles. The number of rotatable bonds is 4. The molecule has 1 unspecified atom stereocenters. The highest BCUT2D eigenvalue weighted by molar-refractivity contribution is 5.86. The highest BCUT2D eigenvalue weighted by Gasteiger charge is 2.33. The Hall–Kier alpha value is -2.17. The molecular weight excluding hydrogens is 242 g/mol. The van der Waals surface area contributed by atoms with E-state index in [4.69, 9.17) is 4.74 Å². The second-order valence-electron chi connectivity index (χ2n) is 5.28. The molecule has 100 valence electrons. The molecule has 0 spiro atoms. The predicted octanol–water partition coefficient (Wildman–Crippen LogP) is 2.47. The van der Waals surface area contributed by atoms with Crippen LogP contribution in [0.4, 0.5) is 0 Å². The number of ketones is 1. The molecule has 2 aromatic rings. The molecule has 0 radical (unpaired) electrons. The van der Waals surface area contributed by atoms with Crippen molar-refractivity contribution in [3.63, 3.8) is 0 Å². The monoisotopic (exact) mass is 259 g/mol. The molecular formula is C14H17N3O2. The summed E-state index contributed by atoms with van der Waals surface area (Å²) in [6, 6.07) is 9.22. The number of carbonyl (C=O) groups is 1. The van der Waals surface area contributed by atoms with E-state index < -0.39 is 11.6 Å². The maximum absolute atomic E-state index is 12.5. The van der Waals surface area contributed by atoms with Gasteiger partial charge in [-0.2, -0.15) is 0 Å². The molecule has 5 heteroatoms. The zero-order valence-electron chi connectivity index (χ0n) is 11.3. The summed E-state index contributed by atoms with van der Waals surface area (Å²) >= 11 is 0. The number of carbonyl (C=O) groups excluding carboxylic acids is 1. The number of benzene rings is 1. The highest BCUT2D eigenvalue weighted by atomic mass is 16.5. The Morgan fingerprint density at radius 1 is 1.26 bits per heavy atom. The molecule has 0 aliphatic carbocycles. The van der Waals surface area contributed by atoms with Crippen molar-refractivity contribution in [1.82, 2.24) is 15.0 Å². The van der Waals surface area contributed by atoms with Crippen LogP contribution < -0.4 is 4.74 Å². The maximum atomic E-state index is 12.5. The smallest absolute Gasteiger partial charge is 0.252 e. The minimum absolute atomic E-state index is 0.0538. The van der Waals surface area contributed by atoms with Gasteiger partial charge in [0.1, 0.15) is 5.75 Å². The summed E-state index contributed by atoms with van der Waals surface area (Å²) in [5.41, 5.74) is -0.522. The van der Waals surface area contributed by atoms with Crippen LogP contribution in [0.5, 0.6) is 5.75 Å². The maximum Gasteiger partial charge on any atom is 0.252 e. The summed E-state index contributed by atoms with van der Waals surface area (Å²) in [6.07, 6.45) is 2.35. The van der Waals surface area contributed by atoms with Gasteiger partial charge in [0.2, 0.25) is 5.78 Å². The van der Waals surface area contributed by atoms with Crippen molar-refractivity contribution < 1.29 is 9.53 Å². The van der Waals surface area contributed by atoms with Crippen LogP contribution in [-0.2, 0) is 4.79 Å². The Balaban J connectivity index is 2.28. The lowest BCUT2D eigenvalue weighted by molar-refractivity contribution is -0.138. The van der Waals surface area contributed by atoms with Crippen molar-refractivity contribution in [1.29, 1.82) is 0 Å². The van der Waals surface area contributed by atoms with Crippen LogP contribution in [0.2, 0.25) is 0 Å². The summed E-state index contributed by atoms with van der Waals surface area (Å²) in [5.74, 6) is 0.572. The van der Waals surface area contributed by atoms with Gasteiger partial charge in [-0.25, -0.2) is 4.68 Å². The van der Waals surface area contributed by atoms with Crippen LogP contribution in [0, 0.1) is 5.41 Å². The van der Waals surface area contributed by atoms with Gasteiger partial charge in [0.15, 0.2) is 0 Å². The lowest BCUT2D eigenvalue weighted by Crippen LogP contribution is -2.34. The number of hydrogen-bond donors (Lipinski definition) is 0. The van der Waals surface area contributed by atoms with E-state index in [1.54, 1.807) is 18.3 Å². The van der Waals surface area contributed by atoms with E-state index in [0.29, 0.717) is 5.75 Å². The molecule has 0 fully saturated rings. The average Bonchev–Trinajstić information content (AvgIpc) is 2.89. The van der Waals surface area contributed by atoms with Gasteiger partial charge in [0, 0.05) is 11.6 Å². The van der Waals surface area contributed by atoms with E-state index in [0.717, 1.165) is 0 Å². The largest absolute Gasteiger partial charge is 0.461 e. The SMILES string of the molecule is CC(C)(C)C(=O)C(Oc1ccccc1)n1ccnn1. The normalized spacial score (nSPS) is 13.0. The van der Waals surface area contributed by atoms with E-state index >= 15 is 0 Å². The zero-order valence-corrected chi connectivity index (χ0v) is 11.3. The third-order valence-corrected chi connectivity index (χ3v) is 2.64. The molecule has 0 aliphatic rings. The fraction of sp³-hybridized carbons (Fsp3) is 0.357. The highest BCUT2D eigenvalue weighted by Crippen LogP contribution is 2.25. The minimum Gasteiger partial charge on any atom is -0.461 e. The standard InChI is InChI=1S/C14H17N3O2/c1-14(2,3)12(18)13(17-10-9-15-16-17)19-11-7-5-4-6-8-11/h4-10,13H,1-3H3. The number of para-hydroxylation sites is 1. The van der Waals surface area contributed by atoms with Gasteiger partial charge in [0.05, 0.1) is 6.20 Å². The van der Waals surface area contributed by atoms with Crippen molar-refractivity contribution in [2.24, 2.45) is 5.41 Å². The molecule has 0 saturated heterocycles. The second kappa shape index (κ2) is 5.22. The molecule has 0 N–H and O–H groups in total. The molecule has 1 heterocycles. The summed E-state index contributed by atoms with van der Waals surface area (Å²) in [4.78, 5) is 12.5. The Morgan fingerprint density at radius 2 is 1.95 bits per heavy atom. The van der Waals surface area contributed by atoms with E-state index in [1.165, 1.54) is 10.9 Å². The first-order chi connectivity index (χ1) is 8.98. The fourth-order valence-corrected chi connectivity index (χ4v) is 1.57. The van der Waals surface area contributed by atoms with Crippen LogP contribution in [0.25, 0.3) is 0 Å². The van der Waals surface area contributed by atoms with E-state index in [9.17, 15) is 4.79 Å². The lowest BCUT2D eigenvalue weighted by atomic mass is 9.90. The summed E-state index contributed by atoms with van der Waals surface area (Å²) in [6.45, 7) is 5.56. The lowest BCUT2D eigenvalue weighted by Gasteiger charge is -2.25. The van der Waals surface area contributed by atoms with Gasteiger partial charge in [-0.3, -0.25) is 4.79 Å². The molecule has 1 aromatic carbocycles. The van der Waals surface area contributed by atoms with Gasteiger partial charge in [-0.05, 0) is 12.1 Å².